The van der Waals surface area contributed by atoms with Gasteiger partial charge < -0.3 is 10.5 Å². The van der Waals surface area contributed by atoms with Crippen LogP contribution in [0.3, 0.4) is 0 Å². The summed E-state index contributed by atoms with van der Waals surface area (Å²) in [7, 11) is 0. The molecule has 0 aromatic heterocycles. The molecule has 3 nitrogen and oxygen atoms in total. The Bertz CT molecular complexity index is 348. The zero-order valence-electron chi connectivity index (χ0n) is 10.6. The van der Waals surface area contributed by atoms with E-state index in [0.29, 0.717) is 12.5 Å². The maximum atomic E-state index is 5.68. The van der Waals surface area contributed by atoms with Gasteiger partial charge in [0.2, 0.25) is 0 Å². The van der Waals surface area contributed by atoms with E-state index in [1.807, 2.05) is 0 Å². The van der Waals surface area contributed by atoms with Gasteiger partial charge in [-0.25, -0.2) is 0 Å². The van der Waals surface area contributed by atoms with Crippen molar-refractivity contribution in [3.8, 4) is 0 Å². The molecule has 0 amide bonds. The highest BCUT2D eigenvalue weighted by Crippen LogP contribution is 2.18. The van der Waals surface area contributed by atoms with Gasteiger partial charge in [0.1, 0.15) is 0 Å². The van der Waals surface area contributed by atoms with Gasteiger partial charge in [0.05, 0.1) is 13.2 Å². The first-order chi connectivity index (χ1) is 8.29. The van der Waals surface area contributed by atoms with Gasteiger partial charge in [0.15, 0.2) is 0 Å². The van der Waals surface area contributed by atoms with Crippen LogP contribution in [-0.4, -0.2) is 37.7 Å². The van der Waals surface area contributed by atoms with E-state index >= 15 is 0 Å². The van der Waals surface area contributed by atoms with Gasteiger partial charge in [-0.05, 0) is 17.0 Å². The second-order valence-electron chi connectivity index (χ2n) is 4.76. The number of ether oxygens (including phenoxy) is 1. The van der Waals surface area contributed by atoms with Gasteiger partial charge in [-0.3, -0.25) is 4.90 Å². The third-order valence-electron chi connectivity index (χ3n) is 3.39. The Balaban J connectivity index is 1.95. The van der Waals surface area contributed by atoms with Gasteiger partial charge >= 0.3 is 0 Å². The minimum absolute atomic E-state index is 0.555. The molecule has 1 aliphatic heterocycles. The minimum Gasteiger partial charge on any atom is -0.379 e. The Hall–Kier alpha value is -0.900. The van der Waals surface area contributed by atoms with Gasteiger partial charge in [0, 0.05) is 26.2 Å². The molecule has 0 aliphatic carbocycles. The van der Waals surface area contributed by atoms with Crippen LogP contribution in [0.1, 0.15) is 24.0 Å². The molecule has 1 heterocycles. The van der Waals surface area contributed by atoms with Crippen LogP contribution in [0.4, 0.5) is 0 Å². The topological polar surface area (TPSA) is 38.5 Å². The molecule has 1 fully saturated rings. The standard InChI is InChI=1S/C14H22N2O/c1-12(11-16-5-7-17-8-6-16)14-4-2-3-13(9-14)10-15/h2-4,9,12H,5-8,10-11,15H2,1H3. The lowest BCUT2D eigenvalue weighted by Gasteiger charge is -2.29. The minimum atomic E-state index is 0.555. The van der Waals surface area contributed by atoms with E-state index in [1.54, 1.807) is 0 Å². The number of rotatable bonds is 4. The summed E-state index contributed by atoms with van der Waals surface area (Å²) in [5, 5.41) is 0. The molecule has 3 heteroatoms. The predicted molar refractivity (Wildman–Crippen MR) is 70.0 cm³/mol. The van der Waals surface area contributed by atoms with Crippen LogP contribution in [0.25, 0.3) is 0 Å². The van der Waals surface area contributed by atoms with Crippen LogP contribution in [0, 0.1) is 0 Å². The molecule has 0 saturated carbocycles. The number of hydrogen-bond donors (Lipinski definition) is 1. The smallest absolute Gasteiger partial charge is 0.0594 e. The van der Waals surface area contributed by atoms with Crippen molar-refractivity contribution >= 4 is 0 Å². The molecule has 1 aromatic carbocycles. The lowest BCUT2D eigenvalue weighted by atomic mass is 9.98. The van der Waals surface area contributed by atoms with E-state index in [9.17, 15) is 0 Å². The first-order valence-corrected chi connectivity index (χ1v) is 6.38. The number of hydrogen-bond acceptors (Lipinski definition) is 3. The Labute approximate surface area is 104 Å². The number of morpholine rings is 1. The van der Waals surface area contributed by atoms with E-state index in [2.05, 4.69) is 36.1 Å². The molecule has 2 rings (SSSR count). The summed E-state index contributed by atoms with van der Waals surface area (Å²) in [6, 6.07) is 8.62. The molecule has 1 aromatic rings. The maximum absolute atomic E-state index is 5.68. The first kappa shape index (κ1) is 12.6. The first-order valence-electron chi connectivity index (χ1n) is 6.38. The van der Waals surface area contributed by atoms with E-state index in [4.69, 9.17) is 10.5 Å². The summed E-state index contributed by atoms with van der Waals surface area (Å²) in [6.07, 6.45) is 0. The van der Waals surface area contributed by atoms with Crippen molar-refractivity contribution in [3.05, 3.63) is 35.4 Å². The lowest BCUT2D eigenvalue weighted by Crippen LogP contribution is -2.38. The fraction of sp³-hybridized carbons (Fsp3) is 0.571. The van der Waals surface area contributed by atoms with Crippen LogP contribution >= 0.6 is 0 Å². The zero-order chi connectivity index (χ0) is 12.1. The van der Waals surface area contributed by atoms with E-state index in [0.717, 1.165) is 32.8 Å². The highest BCUT2D eigenvalue weighted by molar-refractivity contribution is 5.26. The molecule has 0 radical (unpaired) electrons. The van der Waals surface area contributed by atoms with E-state index < -0.39 is 0 Å². The summed E-state index contributed by atoms with van der Waals surface area (Å²) in [5.74, 6) is 0.555. The van der Waals surface area contributed by atoms with Crippen LogP contribution in [0.2, 0.25) is 0 Å². The molecule has 2 N–H and O–H groups in total. The fourth-order valence-corrected chi connectivity index (χ4v) is 2.30. The van der Waals surface area contributed by atoms with Crippen LogP contribution in [0.15, 0.2) is 24.3 Å². The molecule has 0 spiro atoms. The molecule has 1 atom stereocenters. The van der Waals surface area contributed by atoms with E-state index in [1.165, 1.54) is 11.1 Å². The van der Waals surface area contributed by atoms with Crippen molar-refractivity contribution in [1.29, 1.82) is 0 Å². The number of benzene rings is 1. The zero-order valence-corrected chi connectivity index (χ0v) is 10.6. The van der Waals surface area contributed by atoms with Crippen LogP contribution < -0.4 is 5.73 Å². The molecule has 0 bridgehead atoms. The highest BCUT2D eigenvalue weighted by atomic mass is 16.5. The molecule has 94 valence electrons. The largest absolute Gasteiger partial charge is 0.379 e. The summed E-state index contributed by atoms with van der Waals surface area (Å²) in [6.45, 7) is 7.87. The Kier molecular flexibility index (Phi) is 4.54. The molecule has 1 unspecified atom stereocenters. The molecule has 17 heavy (non-hydrogen) atoms. The van der Waals surface area contributed by atoms with Gasteiger partial charge in [0.25, 0.3) is 0 Å². The van der Waals surface area contributed by atoms with Crippen LogP contribution in [0.5, 0.6) is 0 Å². The van der Waals surface area contributed by atoms with Crippen molar-refractivity contribution in [3.63, 3.8) is 0 Å². The van der Waals surface area contributed by atoms with Crippen molar-refractivity contribution in [2.45, 2.75) is 19.4 Å². The van der Waals surface area contributed by atoms with Gasteiger partial charge in [-0.2, -0.15) is 0 Å². The van der Waals surface area contributed by atoms with Crippen molar-refractivity contribution in [2.75, 3.05) is 32.8 Å². The predicted octanol–water partition coefficient (Wildman–Crippen LogP) is 1.58. The average molecular weight is 234 g/mol. The van der Waals surface area contributed by atoms with Crippen molar-refractivity contribution < 1.29 is 4.74 Å². The lowest BCUT2D eigenvalue weighted by molar-refractivity contribution is 0.0357. The van der Waals surface area contributed by atoms with Crippen molar-refractivity contribution in [1.82, 2.24) is 4.90 Å². The average Bonchev–Trinajstić information content (AvgIpc) is 2.40. The number of nitrogens with zero attached hydrogens (tertiary/aromatic N) is 1. The van der Waals surface area contributed by atoms with Crippen molar-refractivity contribution in [2.24, 2.45) is 5.73 Å². The SMILES string of the molecule is CC(CN1CCOCC1)c1cccc(CN)c1. The monoisotopic (exact) mass is 234 g/mol. The third-order valence-corrected chi connectivity index (χ3v) is 3.39. The van der Waals surface area contributed by atoms with Crippen LogP contribution in [-0.2, 0) is 11.3 Å². The third kappa shape index (κ3) is 3.53. The molecular formula is C14H22N2O. The fourth-order valence-electron chi connectivity index (χ4n) is 2.30. The molecule has 1 aliphatic rings. The normalized spacial score (nSPS) is 19.2. The summed E-state index contributed by atoms with van der Waals surface area (Å²) in [4.78, 5) is 2.48. The molecular weight excluding hydrogens is 212 g/mol. The maximum Gasteiger partial charge on any atom is 0.0594 e. The Morgan fingerprint density at radius 1 is 1.35 bits per heavy atom. The quantitative estimate of drug-likeness (QED) is 0.859. The highest BCUT2D eigenvalue weighted by Gasteiger charge is 2.14. The van der Waals surface area contributed by atoms with Gasteiger partial charge in [-0.15, -0.1) is 0 Å². The molecule has 1 saturated heterocycles. The summed E-state index contributed by atoms with van der Waals surface area (Å²) < 4.78 is 5.37. The summed E-state index contributed by atoms with van der Waals surface area (Å²) in [5.41, 5.74) is 8.28. The van der Waals surface area contributed by atoms with Gasteiger partial charge in [-0.1, -0.05) is 31.2 Å². The number of nitrogens with two attached hydrogens (primary N) is 1. The summed E-state index contributed by atoms with van der Waals surface area (Å²) >= 11 is 0. The second kappa shape index (κ2) is 6.15. The Morgan fingerprint density at radius 2 is 2.12 bits per heavy atom. The van der Waals surface area contributed by atoms with E-state index in [-0.39, 0.29) is 0 Å². The second-order valence-corrected chi connectivity index (χ2v) is 4.76. The Morgan fingerprint density at radius 3 is 2.82 bits per heavy atom.